The highest BCUT2D eigenvalue weighted by molar-refractivity contribution is 6.34. The molecule has 2 amide bonds. The van der Waals surface area contributed by atoms with Crippen LogP contribution < -0.4 is 10.7 Å². The summed E-state index contributed by atoms with van der Waals surface area (Å²) in [6.07, 6.45) is 0. The van der Waals surface area contributed by atoms with Gasteiger partial charge >= 0.3 is 12.0 Å². The van der Waals surface area contributed by atoms with Crippen molar-refractivity contribution < 1.29 is 14.7 Å². The summed E-state index contributed by atoms with van der Waals surface area (Å²) >= 11 is 5.85. The SMILES string of the molecule is CN1CCN(NC(=O)Nc2cccc(Cl)c2C(=O)O)CC1. The number of likely N-dealkylation sites (N-methyl/N-ethyl adjacent to an activating group) is 1. The minimum absolute atomic E-state index is 0.0832. The average molecular weight is 313 g/mol. The van der Waals surface area contributed by atoms with Crippen LogP contribution in [0.25, 0.3) is 0 Å². The first-order valence-corrected chi connectivity index (χ1v) is 6.88. The topological polar surface area (TPSA) is 84.9 Å². The number of amides is 2. The molecular weight excluding hydrogens is 296 g/mol. The molecule has 2 rings (SSSR count). The van der Waals surface area contributed by atoms with Gasteiger partial charge in [-0.1, -0.05) is 17.7 Å². The Morgan fingerprint density at radius 1 is 1.24 bits per heavy atom. The molecule has 0 bridgehead atoms. The number of carboxylic acid groups (broad SMARTS) is 1. The number of aromatic carboxylic acids is 1. The maximum Gasteiger partial charge on any atom is 0.339 e. The second-order valence-electron chi connectivity index (χ2n) is 4.82. The second kappa shape index (κ2) is 6.75. The van der Waals surface area contributed by atoms with Gasteiger partial charge in [-0.2, -0.15) is 0 Å². The zero-order valence-corrected chi connectivity index (χ0v) is 12.4. The number of carbonyl (C=O) groups excluding carboxylic acids is 1. The first kappa shape index (κ1) is 15.6. The molecule has 0 aromatic heterocycles. The third-order valence-corrected chi connectivity index (χ3v) is 3.55. The summed E-state index contributed by atoms with van der Waals surface area (Å²) in [5, 5.41) is 13.5. The molecule has 7 nitrogen and oxygen atoms in total. The van der Waals surface area contributed by atoms with Crippen LogP contribution in [0.5, 0.6) is 0 Å². The largest absolute Gasteiger partial charge is 0.478 e. The fraction of sp³-hybridized carbons (Fsp3) is 0.385. The normalized spacial score (nSPS) is 16.5. The molecule has 1 aromatic carbocycles. The van der Waals surface area contributed by atoms with E-state index in [2.05, 4.69) is 15.6 Å². The maximum atomic E-state index is 11.9. The highest BCUT2D eigenvalue weighted by Crippen LogP contribution is 2.24. The molecule has 0 spiro atoms. The number of carbonyl (C=O) groups is 2. The molecule has 21 heavy (non-hydrogen) atoms. The summed E-state index contributed by atoms with van der Waals surface area (Å²) in [6.45, 7) is 3.14. The Labute approximate surface area is 127 Å². The van der Waals surface area contributed by atoms with Crippen LogP contribution in [0.1, 0.15) is 10.4 Å². The fourth-order valence-corrected chi connectivity index (χ4v) is 2.31. The van der Waals surface area contributed by atoms with Gasteiger partial charge in [-0.25, -0.2) is 14.6 Å². The number of urea groups is 1. The predicted molar refractivity (Wildman–Crippen MR) is 79.6 cm³/mol. The molecule has 0 atom stereocenters. The Bertz CT molecular complexity index is 544. The molecule has 0 aliphatic carbocycles. The van der Waals surface area contributed by atoms with Crippen molar-refractivity contribution in [2.45, 2.75) is 0 Å². The van der Waals surface area contributed by atoms with Crippen molar-refractivity contribution in [1.29, 1.82) is 0 Å². The Hall–Kier alpha value is -1.83. The van der Waals surface area contributed by atoms with Gasteiger partial charge in [-0.3, -0.25) is 5.43 Å². The number of hydrazine groups is 1. The van der Waals surface area contributed by atoms with Crippen LogP contribution >= 0.6 is 11.6 Å². The molecule has 0 radical (unpaired) electrons. The van der Waals surface area contributed by atoms with E-state index >= 15 is 0 Å². The molecule has 0 saturated carbocycles. The van der Waals surface area contributed by atoms with Gasteiger partial charge in [-0.15, -0.1) is 0 Å². The minimum Gasteiger partial charge on any atom is -0.478 e. The molecule has 3 N–H and O–H groups in total. The van der Waals surface area contributed by atoms with E-state index in [4.69, 9.17) is 16.7 Å². The average Bonchev–Trinajstić information content (AvgIpc) is 2.41. The standard InChI is InChI=1S/C13H17ClN4O3/c1-17-5-7-18(8-6-17)16-13(21)15-10-4-2-3-9(14)11(10)12(19)20/h2-4H,5-8H2,1H3,(H,19,20)(H2,15,16,21). The third-order valence-electron chi connectivity index (χ3n) is 3.24. The number of benzene rings is 1. The molecule has 1 aromatic rings. The van der Waals surface area contributed by atoms with Gasteiger partial charge in [-0.05, 0) is 19.2 Å². The van der Waals surface area contributed by atoms with Gasteiger partial charge in [0.2, 0.25) is 0 Å². The Kier molecular flexibility index (Phi) is 5.00. The zero-order chi connectivity index (χ0) is 15.4. The quantitative estimate of drug-likeness (QED) is 0.784. The Morgan fingerprint density at radius 2 is 1.90 bits per heavy atom. The lowest BCUT2D eigenvalue weighted by molar-refractivity contribution is 0.0698. The highest BCUT2D eigenvalue weighted by Gasteiger charge is 2.19. The summed E-state index contributed by atoms with van der Waals surface area (Å²) < 4.78 is 0. The minimum atomic E-state index is -1.18. The van der Waals surface area contributed by atoms with Gasteiger partial charge in [0.15, 0.2) is 0 Å². The summed E-state index contributed by atoms with van der Waals surface area (Å²) in [7, 11) is 2.02. The molecule has 114 valence electrons. The van der Waals surface area contributed by atoms with E-state index in [0.29, 0.717) is 13.1 Å². The van der Waals surface area contributed by atoms with E-state index in [9.17, 15) is 9.59 Å². The number of rotatable bonds is 3. The van der Waals surface area contributed by atoms with E-state index in [1.54, 1.807) is 11.1 Å². The summed E-state index contributed by atoms with van der Waals surface area (Å²) in [6, 6.07) is 4.07. The monoisotopic (exact) mass is 312 g/mol. The lowest BCUT2D eigenvalue weighted by Gasteiger charge is -2.32. The summed E-state index contributed by atoms with van der Waals surface area (Å²) in [5.74, 6) is -1.18. The van der Waals surface area contributed by atoms with Crippen molar-refractivity contribution in [3.63, 3.8) is 0 Å². The number of hydrogen-bond donors (Lipinski definition) is 3. The van der Waals surface area contributed by atoms with Crippen molar-refractivity contribution in [3.05, 3.63) is 28.8 Å². The fourth-order valence-electron chi connectivity index (χ4n) is 2.06. The number of nitrogens with zero attached hydrogens (tertiary/aromatic N) is 2. The molecule has 8 heteroatoms. The molecule has 1 heterocycles. The molecule has 1 aliphatic rings. The molecular formula is C13H17ClN4O3. The smallest absolute Gasteiger partial charge is 0.339 e. The molecule has 1 fully saturated rings. The van der Waals surface area contributed by atoms with Crippen LogP contribution in [0.4, 0.5) is 10.5 Å². The van der Waals surface area contributed by atoms with Gasteiger partial charge < -0.3 is 15.3 Å². The second-order valence-corrected chi connectivity index (χ2v) is 5.23. The Balaban J connectivity index is 2.00. The van der Waals surface area contributed by atoms with Crippen LogP contribution in [-0.2, 0) is 0 Å². The van der Waals surface area contributed by atoms with Crippen LogP contribution in [0, 0.1) is 0 Å². The van der Waals surface area contributed by atoms with Crippen LogP contribution in [0.15, 0.2) is 18.2 Å². The first-order chi connectivity index (χ1) is 9.97. The number of nitrogens with one attached hydrogen (secondary N) is 2. The van der Waals surface area contributed by atoms with Crippen molar-refractivity contribution in [2.24, 2.45) is 0 Å². The third kappa shape index (κ3) is 4.07. The number of anilines is 1. The van der Waals surface area contributed by atoms with Crippen molar-refractivity contribution in [1.82, 2.24) is 15.3 Å². The van der Waals surface area contributed by atoms with Crippen molar-refractivity contribution >= 4 is 29.3 Å². The number of halogens is 1. The zero-order valence-electron chi connectivity index (χ0n) is 11.6. The number of carboxylic acids is 1. The van der Waals surface area contributed by atoms with E-state index in [1.807, 2.05) is 7.05 Å². The lowest BCUT2D eigenvalue weighted by atomic mass is 10.2. The van der Waals surface area contributed by atoms with E-state index in [1.165, 1.54) is 12.1 Å². The van der Waals surface area contributed by atoms with E-state index < -0.39 is 12.0 Å². The van der Waals surface area contributed by atoms with E-state index in [-0.39, 0.29) is 16.3 Å². The summed E-state index contributed by atoms with van der Waals surface area (Å²) in [4.78, 5) is 25.3. The van der Waals surface area contributed by atoms with Gasteiger partial charge in [0.1, 0.15) is 5.56 Å². The van der Waals surface area contributed by atoms with Crippen LogP contribution in [-0.4, -0.2) is 60.2 Å². The van der Waals surface area contributed by atoms with Crippen molar-refractivity contribution in [2.75, 3.05) is 38.5 Å². The van der Waals surface area contributed by atoms with Crippen molar-refractivity contribution in [3.8, 4) is 0 Å². The molecule has 1 saturated heterocycles. The molecule has 1 aliphatic heterocycles. The Morgan fingerprint density at radius 3 is 2.52 bits per heavy atom. The molecule has 0 unspecified atom stereocenters. The maximum absolute atomic E-state index is 11.9. The van der Waals surface area contributed by atoms with Crippen LogP contribution in [0.2, 0.25) is 5.02 Å². The van der Waals surface area contributed by atoms with Crippen LogP contribution in [0.3, 0.4) is 0 Å². The number of hydrogen-bond acceptors (Lipinski definition) is 4. The first-order valence-electron chi connectivity index (χ1n) is 6.50. The van der Waals surface area contributed by atoms with Gasteiger partial charge in [0.25, 0.3) is 0 Å². The van der Waals surface area contributed by atoms with Gasteiger partial charge in [0, 0.05) is 26.2 Å². The predicted octanol–water partition coefficient (Wildman–Crippen LogP) is 1.32. The number of piperazine rings is 1. The summed E-state index contributed by atoms with van der Waals surface area (Å²) in [5.41, 5.74) is 2.74. The highest BCUT2D eigenvalue weighted by atomic mass is 35.5. The van der Waals surface area contributed by atoms with Gasteiger partial charge in [0.05, 0.1) is 10.7 Å². The van der Waals surface area contributed by atoms with E-state index in [0.717, 1.165) is 13.1 Å². The lowest BCUT2D eigenvalue weighted by Crippen LogP contribution is -2.53.